The van der Waals surface area contributed by atoms with E-state index in [1.54, 1.807) is 7.11 Å². The Balaban J connectivity index is 1.50. The van der Waals surface area contributed by atoms with Crippen LogP contribution in [0.1, 0.15) is 33.6 Å². The number of carbonyl (C=O) groups excluding carboxylic acids is 2. The molecule has 0 bridgehead atoms. The van der Waals surface area contributed by atoms with E-state index >= 15 is 0 Å². The summed E-state index contributed by atoms with van der Waals surface area (Å²) in [5.74, 6) is -0.359. The molecule has 0 aliphatic heterocycles. The zero-order valence-electron chi connectivity index (χ0n) is 17.6. The van der Waals surface area contributed by atoms with Crippen LogP contribution in [0.5, 0.6) is 0 Å². The fraction of sp³-hybridized carbons (Fsp3) is 0.409. The maximum Gasteiger partial charge on any atom is 0.341 e. The van der Waals surface area contributed by atoms with Crippen molar-refractivity contribution in [3.63, 3.8) is 0 Å². The minimum absolute atomic E-state index is 0.168. The van der Waals surface area contributed by atoms with Crippen molar-refractivity contribution in [1.82, 2.24) is 9.55 Å². The van der Waals surface area contributed by atoms with Gasteiger partial charge in [-0.2, -0.15) is 0 Å². The molecule has 0 radical (unpaired) electrons. The van der Waals surface area contributed by atoms with E-state index in [0.29, 0.717) is 23.7 Å². The molecular weight excluding hydrogens is 434 g/mol. The summed E-state index contributed by atoms with van der Waals surface area (Å²) in [5.41, 5.74) is 3.46. The molecule has 31 heavy (non-hydrogen) atoms. The lowest BCUT2D eigenvalue weighted by Gasteiger charge is -2.11. The predicted octanol–water partition coefficient (Wildman–Crippen LogP) is 4.14. The number of hydrogen-bond donors (Lipinski definition) is 1. The van der Waals surface area contributed by atoms with Gasteiger partial charge in [0.2, 0.25) is 5.91 Å². The number of hydrogen-bond acceptors (Lipinski definition) is 7. The summed E-state index contributed by atoms with van der Waals surface area (Å²) in [6.45, 7) is 1.22. The second-order valence-corrected chi connectivity index (χ2v) is 9.32. The van der Waals surface area contributed by atoms with E-state index < -0.39 is 0 Å². The number of thiophene rings is 1. The predicted molar refractivity (Wildman–Crippen MR) is 123 cm³/mol. The molecule has 2 heterocycles. The van der Waals surface area contributed by atoms with Crippen LogP contribution in [0, 0.1) is 0 Å². The Morgan fingerprint density at radius 1 is 1.23 bits per heavy atom. The standard InChI is InChI=1S/C22H25N3O4S2/c1-28-12-11-25-16-9-5-4-8-15(16)23-22(25)30-13-18(26)24-20-19(21(27)29-2)14-7-3-6-10-17(14)31-20/h4-5,8-9H,3,6-7,10-13H2,1-2H3,(H,24,26). The summed E-state index contributed by atoms with van der Waals surface area (Å²) in [6, 6.07) is 7.90. The van der Waals surface area contributed by atoms with Gasteiger partial charge in [-0.1, -0.05) is 23.9 Å². The Hall–Kier alpha value is -2.36. The Labute approximate surface area is 189 Å². The van der Waals surface area contributed by atoms with Crippen LogP contribution < -0.4 is 5.32 Å². The monoisotopic (exact) mass is 459 g/mol. The number of methoxy groups -OCH3 is 2. The van der Waals surface area contributed by atoms with Gasteiger partial charge in [-0.15, -0.1) is 11.3 Å². The molecule has 0 fully saturated rings. The molecule has 164 valence electrons. The number of thioether (sulfide) groups is 1. The van der Waals surface area contributed by atoms with E-state index in [-0.39, 0.29) is 17.6 Å². The topological polar surface area (TPSA) is 82.5 Å². The number of nitrogens with one attached hydrogen (secondary N) is 1. The molecule has 4 rings (SSSR count). The van der Waals surface area contributed by atoms with Gasteiger partial charge in [0.25, 0.3) is 0 Å². The minimum atomic E-state index is -0.385. The van der Waals surface area contributed by atoms with E-state index in [2.05, 4.69) is 14.9 Å². The number of esters is 1. The van der Waals surface area contributed by atoms with E-state index in [1.807, 2.05) is 24.3 Å². The molecule has 0 saturated heterocycles. The fourth-order valence-corrected chi connectivity index (χ4v) is 5.96. The van der Waals surface area contributed by atoms with E-state index in [1.165, 1.54) is 35.1 Å². The van der Waals surface area contributed by atoms with Crippen molar-refractivity contribution in [2.75, 3.05) is 31.9 Å². The van der Waals surface area contributed by atoms with Gasteiger partial charge >= 0.3 is 5.97 Å². The van der Waals surface area contributed by atoms with E-state index in [4.69, 9.17) is 9.47 Å². The molecule has 1 amide bonds. The summed E-state index contributed by atoms with van der Waals surface area (Å²) < 4.78 is 12.3. The number of rotatable bonds is 8. The second-order valence-electron chi connectivity index (χ2n) is 7.27. The Bertz CT molecular complexity index is 1110. The number of aryl methyl sites for hydroxylation is 1. The molecule has 9 heteroatoms. The van der Waals surface area contributed by atoms with Crippen molar-refractivity contribution in [2.24, 2.45) is 0 Å². The van der Waals surface area contributed by atoms with Gasteiger partial charge in [0.15, 0.2) is 5.16 Å². The van der Waals surface area contributed by atoms with Crippen LogP contribution in [0.4, 0.5) is 5.00 Å². The molecule has 2 aromatic heterocycles. The number of nitrogens with zero attached hydrogens (tertiary/aromatic N) is 2. The van der Waals surface area contributed by atoms with Gasteiger partial charge in [0.1, 0.15) is 5.00 Å². The molecule has 1 aliphatic carbocycles. The number of amides is 1. The maximum atomic E-state index is 12.8. The number of fused-ring (bicyclic) bond motifs is 2. The first-order valence-electron chi connectivity index (χ1n) is 10.2. The quantitative estimate of drug-likeness (QED) is 0.403. The first kappa shape index (κ1) is 21.9. The van der Waals surface area contributed by atoms with Gasteiger partial charge in [0.05, 0.1) is 36.1 Å². The highest BCUT2D eigenvalue weighted by Crippen LogP contribution is 2.38. The molecular formula is C22H25N3O4S2. The molecule has 3 aromatic rings. The normalized spacial score (nSPS) is 13.2. The van der Waals surface area contributed by atoms with Crippen LogP contribution in [-0.2, 0) is 33.7 Å². The molecule has 7 nitrogen and oxygen atoms in total. The number of imidazole rings is 1. The number of anilines is 1. The molecule has 1 aliphatic rings. The van der Waals surface area contributed by atoms with Crippen molar-refractivity contribution in [2.45, 2.75) is 37.4 Å². The van der Waals surface area contributed by atoms with Crippen molar-refractivity contribution in [3.8, 4) is 0 Å². The summed E-state index contributed by atoms with van der Waals surface area (Å²) in [6.07, 6.45) is 3.95. The Kier molecular flexibility index (Phi) is 6.94. The van der Waals surface area contributed by atoms with Gasteiger partial charge in [-0.3, -0.25) is 4.79 Å². The third kappa shape index (κ3) is 4.63. The van der Waals surface area contributed by atoms with Crippen molar-refractivity contribution < 1.29 is 19.1 Å². The van der Waals surface area contributed by atoms with Crippen molar-refractivity contribution in [3.05, 3.63) is 40.3 Å². The number of aromatic nitrogens is 2. The lowest BCUT2D eigenvalue weighted by atomic mass is 9.95. The Morgan fingerprint density at radius 3 is 2.84 bits per heavy atom. The molecule has 0 unspecified atom stereocenters. The van der Waals surface area contributed by atoms with Crippen molar-refractivity contribution >= 4 is 51.0 Å². The van der Waals surface area contributed by atoms with Crippen LogP contribution in [0.2, 0.25) is 0 Å². The van der Waals surface area contributed by atoms with Crippen LogP contribution >= 0.6 is 23.1 Å². The first-order chi connectivity index (χ1) is 15.1. The van der Waals surface area contributed by atoms with E-state index in [9.17, 15) is 9.59 Å². The summed E-state index contributed by atoms with van der Waals surface area (Å²) >= 11 is 2.87. The molecule has 0 spiro atoms. The third-order valence-corrected chi connectivity index (χ3v) is 7.47. The lowest BCUT2D eigenvalue weighted by Crippen LogP contribution is -2.17. The van der Waals surface area contributed by atoms with Crippen LogP contribution in [0.15, 0.2) is 29.4 Å². The third-order valence-electron chi connectivity index (χ3n) is 5.28. The van der Waals surface area contributed by atoms with Crippen molar-refractivity contribution in [1.29, 1.82) is 0 Å². The smallest absolute Gasteiger partial charge is 0.341 e. The van der Waals surface area contributed by atoms with Gasteiger partial charge < -0.3 is 19.4 Å². The number of ether oxygens (including phenoxy) is 2. The van der Waals surface area contributed by atoms with Gasteiger partial charge in [-0.25, -0.2) is 9.78 Å². The highest BCUT2D eigenvalue weighted by atomic mass is 32.2. The minimum Gasteiger partial charge on any atom is -0.465 e. The van der Waals surface area contributed by atoms with E-state index in [0.717, 1.165) is 47.4 Å². The number of carbonyl (C=O) groups is 2. The zero-order valence-corrected chi connectivity index (χ0v) is 19.2. The maximum absolute atomic E-state index is 12.8. The molecule has 1 N–H and O–H groups in total. The highest BCUT2D eigenvalue weighted by molar-refractivity contribution is 7.99. The zero-order chi connectivity index (χ0) is 21.8. The highest BCUT2D eigenvalue weighted by Gasteiger charge is 2.27. The molecule has 0 saturated carbocycles. The Morgan fingerprint density at radius 2 is 2.03 bits per heavy atom. The van der Waals surface area contributed by atoms with Gasteiger partial charge in [-0.05, 0) is 43.4 Å². The lowest BCUT2D eigenvalue weighted by molar-refractivity contribution is -0.113. The summed E-state index contributed by atoms with van der Waals surface area (Å²) in [7, 11) is 3.04. The second kappa shape index (κ2) is 9.84. The van der Waals surface area contributed by atoms with Gasteiger partial charge in [0, 0.05) is 18.5 Å². The summed E-state index contributed by atoms with van der Waals surface area (Å²) in [5, 5.41) is 4.31. The average molecular weight is 460 g/mol. The fourth-order valence-electron chi connectivity index (χ4n) is 3.83. The van der Waals surface area contributed by atoms with Crippen LogP contribution in [-0.4, -0.2) is 48.0 Å². The average Bonchev–Trinajstić information content (AvgIpc) is 3.33. The first-order valence-corrected chi connectivity index (χ1v) is 12.0. The largest absolute Gasteiger partial charge is 0.465 e. The van der Waals surface area contributed by atoms with Crippen LogP contribution in [0.3, 0.4) is 0 Å². The van der Waals surface area contributed by atoms with Crippen LogP contribution in [0.25, 0.3) is 11.0 Å². The summed E-state index contributed by atoms with van der Waals surface area (Å²) in [4.78, 5) is 31.0. The SMILES string of the molecule is COCCn1c(SCC(=O)Nc2sc3c(c2C(=O)OC)CCCC3)nc2ccccc21. The molecule has 1 aromatic carbocycles. The number of benzene rings is 1. The molecule has 0 atom stereocenters. The number of para-hydroxylation sites is 2.